The summed E-state index contributed by atoms with van der Waals surface area (Å²) in [5.74, 6) is -0.657. The predicted molar refractivity (Wildman–Crippen MR) is 63.3 cm³/mol. The smallest absolute Gasteiger partial charge is 0.334 e. The molecule has 0 amide bonds. The van der Waals surface area contributed by atoms with Crippen LogP contribution in [0.25, 0.3) is 0 Å². The van der Waals surface area contributed by atoms with Gasteiger partial charge in [0, 0.05) is 5.57 Å². The minimum absolute atomic E-state index is 0.150. The molecule has 0 atom stereocenters. The van der Waals surface area contributed by atoms with E-state index in [1.165, 1.54) is 14.2 Å². The fourth-order valence-electron chi connectivity index (χ4n) is 2.43. The van der Waals surface area contributed by atoms with Crippen LogP contribution in [-0.4, -0.2) is 26.2 Å². The summed E-state index contributed by atoms with van der Waals surface area (Å²) in [6.45, 7) is 1.85. The number of carbonyl (C=O) groups is 2. The Kier molecular flexibility index (Phi) is 5.19. The molecule has 1 fully saturated rings. The third kappa shape index (κ3) is 3.08. The summed E-state index contributed by atoms with van der Waals surface area (Å²) >= 11 is 0. The van der Waals surface area contributed by atoms with E-state index in [0.717, 1.165) is 25.7 Å². The van der Waals surface area contributed by atoms with Gasteiger partial charge in [0.2, 0.25) is 0 Å². The number of carbonyl (C=O) groups excluding carboxylic acids is 2. The van der Waals surface area contributed by atoms with Crippen LogP contribution in [0.2, 0.25) is 0 Å². The van der Waals surface area contributed by atoms with E-state index in [-0.39, 0.29) is 11.9 Å². The number of ether oxygens (including phenoxy) is 2. The molecular weight excluding hydrogens is 220 g/mol. The first-order chi connectivity index (χ1) is 8.15. The van der Waals surface area contributed by atoms with Crippen LogP contribution in [0.15, 0.2) is 11.1 Å². The molecule has 17 heavy (non-hydrogen) atoms. The summed E-state index contributed by atoms with van der Waals surface area (Å²) in [5, 5.41) is 0. The normalized spacial score (nSPS) is 17.6. The zero-order valence-electron chi connectivity index (χ0n) is 10.7. The molecule has 4 nitrogen and oxygen atoms in total. The lowest BCUT2D eigenvalue weighted by molar-refractivity contribution is -0.140. The number of rotatable bonds is 4. The Hall–Kier alpha value is -1.32. The van der Waals surface area contributed by atoms with Crippen molar-refractivity contribution < 1.29 is 19.1 Å². The Balaban J connectivity index is 3.12. The number of hydrogen-bond donors (Lipinski definition) is 0. The molecule has 1 rings (SSSR count). The molecule has 96 valence electrons. The summed E-state index contributed by atoms with van der Waals surface area (Å²) in [7, 11) is 2.68. The molecule has 1 aliphatic carbocycles. The van der Waals surface area contributed by atoms with E-state index in [1.54, 1.807) is 0 Å². The lowest BCUT2D eigenvalue weighted by Crippen LogP contribution is -2.19. The van der Waals surface area contributed by atoms with Crippen LogP contribution >= 0.6 is 0 Å². The van der Waals surface area contributed by atoms with Crippen molar-refractivity contribution in [1.29, 1.82) is 0 Å². The monoisotopic (exact) mass is 240 g/mol. The first-order valence-electron chi connectivity index (χ1n) is 6.05. The molecule has 0 unspecified atom stereocenters. The van der Waals surface area contributed by atoms with Gasteiger partial charge in [-0.05, 0) is 25.2 Å². The lowest BCUT2D eigenvalue weighted by atomic mass is 9.91. The first-order valence-corrected chi connectivity index (χ1v) is 6.05. The Bertz CT molecular complexity index is 324. The van der Waals surface area contributed by atoms with E-state index in [1.807, 2.05) is 6.92 Å². The maximum absolute atomic E-state index is 11.8. The molecule has 0 saturated heterocycles. The first kappa shape index (κ1) is 13.7. The average molecular weight is 240 g/mol. The van der Waals surface area contributed by atoms with Gasteiger partial charge in [0.25, 0.3) is 0 Å². The fraction of sp³-hybridized carbons (Fsp3) is 0.692. The van der Waals surface area contributed by atoms with Gasteiger partial charge in [-0.3, -0.25) is 0 Å². The summed E-state index contributed by atoms with van der Waals surface area (Å²) in [6, 6.07) is 0. The zero-order chi connectivity index (χ0) is 12.8. The van der Waals surface area contributed by atoms with E-state index in [9.17, 15) is 9.59 Å². The van der Waals surface area contributed by atoms with E-state index in [0.29, 0.717) is 17.6 Å². The third-order valence-corrected chi connectivity index (χ3v) is 3.28. The minimum atomic E-state index is -0.417. The van der Waals surface area contributed by atoms with Crippen molar-refractivity contribution in [2.75, 3.05) is 14.2 Å². The van der Waals surface area contributed by atoms with Gasteiger partial charge in [-0.25, -0.2) is 9.59 Å². The molecule has 0 heterocycles. The van der Waals surface area contributed by atoms with Gasteiger partial charge < -0.3 is 9.47 Å². The highest BCUT2D eigenvalue weighted by molar-refractivity contribution is 6.00. The Morgan fingerprint density at radius 2 is 1.59 bits per heavy atom. The van der Waals surface area contributed by atoms with Gasteiger partial charge in [-0.1, -0.05) is 19.8 Å². The molecule has 0 spiro atoms. The average Bonchev–Trinajstić information content (AvgIpc) is 2.87. The molecular formula is C13H20O4. The van der Waals surface area contributed by atoms with Gasteiger partial charge in [-0.2, -0.15) is 0 Å². The number of methoxy groups -OCH3 is 2. The molecule has 0 radical (unpaired) electrons. The van der Waals surface area contributed by atoms with Crippen LogP contribution in [0, 0.1) is 5.92 Å². The molecule has 1 saturated carbocycles. The third-order valence-electron chi connectivity index (χ3n) is 3.28. The Morgan fingerprint density at radius 1 is 1.06 bits per heavy atom. The highest BCUT2D eigenvalue weighted by Crippen LogP contribution is 2.34. The lowest BCUT2D eigenvalue weighted by Gasteiger charge is -2.16. The summed E-state index contributed by atoms with van der Waals surface area (Å²) in [4.78, 5) is 23.5. The molecule has 0 aromatic rings. The van der Waals surface area contributed by atoms with Crippen LogP contribution in [0.5, 0.6) is 0 Å². The second-order valence-electron chi connectivity index (χ2n) is 4.21. The highest BCUT2D eigenvalue weighted by Gasteiger charge is 2.30. The van der Waals surface area contributed by atoms with Gasteiger partial charge >= 0.3 is 11.9 Å². The predicted octanol–water partition coefficient (Wildman–Crippen LogP) is 2.23. The van der Waals surface area contributed by atoms with Crippen molar-refractivity contribution >= 4 is 11.9 Å². The van der Waals surface area contributed by atoms with Crippen molar-refractivity contribution in [3.05, 3.63) is 11.1 Å². The fourth-order valence-corrected chi connectivity index (χ4v) is 2.43. The largest absolute Gasteiger partial charge is 0.466 e. The molecule has 0 N–H and O–H groups in total. The maximum atomic E-state index is 11.8. The van der Waals surface area contributed by atoms with Crippen molar-refractivity contribution in [1.82, 2.24) is 0 Å². The standard InChI is InChI=1S/C13H20O4/c1-4-10(12(14)16-2)11(13(15)17-3)9-7-5-6-8-9/h9H,4-8H2,1-3H3. The van der Waals surface area contributed by atoms with Gasteiger partial charge in [-0.15, -0.1) is 0 Å². The molecule has 0 bridgehead atoms. The summed E-state index contributed by atoms with van der Waals surface area (Å²) in [6.07, 6.45) is 4.59. The van der Waals surface area contributed by atoms with E-state index in [4.69, 9.17) is 9.47 Å². The van der Waals surface area contributed by atoms with E-state index < -0.39 is 5.97 Å². The van der Waals surface area contributed by atoms with E-state index >= 15 is 0 Å². The summed E-state index contributed by atoms with van der Waals surface area (Å²) < 4.78 is 9.53. The number of esters is 2. The van der Waals surface area contributed by atoms with Crippen LogP contribution in [0.4, 0.5) is 0 Å². The van der Waals surface area contributed by atoms with E-state index in [2.05, 4.69) is 0 Å². The number of hydrogen-bond acceptors (Lipinski definition) is 4. The van der Waals surface area contributed by atoms with Gasteiger partial charge in [0.05, 0.1) is 19.8 Å². The van der Waals surface area contributed by atoms with Crippen molar-refractivity contribution in [2.45, 2.75) is 39.0 Å². The quantitative estimate of drug-likeness (QED) is 0.558. The van der Waals surface area contributed by atoms with Crippen molar-refractivity contribution in [3.8, 4) is 0 Å². The Labute approximate surface area is 102 Å². The van der Waals surface area contributed by atoms with Crippen LogP contribution in [-0.2, 0) is 19.1 Å². The molecule has 0 aliphatic heterocycles. The van der Waals surface area contributed by atoms with Crippen LogP contribution in [0.3, 0.4) is 0 Å². The minimum Gasteiger partial charge on any atom is -0.466 e. The van der Waals surface area contributed by atoms with Crippen molar-refractivity contribution in [3.63, 3.8) is 0 Å². The zero-order valence-corrected chi connectivity index (χ0v) is 10.7. The van der Waals surface area contributed by atoms with Crippen molar-refractivity contribution in [2.24, 2.45) is 5.92 Å². The van der Waals surface area contributed by atoms with Gasteiger partial charge in [0.15, 0.2) is 0 Å². The second kappa shape index (κ2) is 6.42. The maximum Gasteiger partial charge on any atom is 0.334 e. The van der Waals surface area contributed by atoms with Gasteiger partial charge in [0.1, 0.15) is 0 Å². The second-order valence-corrected chi connectivity index (χ2v) is 4.21. The summed E-state index contributed by atoms with van der Waals surface area (Å²) in [5.41, 5.74) is 0.991. The SMILES string of the molecule is CCC(C(=O)OC)=C(C(=O)OC)C1CCCC1. The molecule has 0 aromatic heterocycles. The topological polar surface area (TPSA) is 52.6 Å². The Morgan fingerprint density at radius 3 is 2.00 bits per heavy atom. The molecule has 1 aliphatic rings. The molecule has 4 heteroatoms. The van der Waals surface area contributed by atoms with Crippen LogP contribution < -0.4 is 0 Å². The molecule has 0 aromatic carbocycles. The highest BCUT2D eigenvalue weighted by atomic mass is 16.5. The van der Waals surface area contributed by atoms with Crippen LogP contribution in [0.1, 0.15) is 39.0 Å².